The zero-order valence-electron chi connectivity index (χ0n) is 8.25. The van der Waals surface area contributed by atoms with Crippen molar-refractivity contribution in [3.63, 3.8) is 0 Å². The van der Waals surface area contributed by atoms with E-state index in [4.69, 9.17) is 5.11 Å². The summed E-state index contributed by atoms with van der Waals surface area (Å²) < 4.78 is 24.4. The molecule has 0 atom stereocenters. The summed E-state index contributed by atoms with van der Waals surface area (Å²) in [6.07, 6.45) is 2.62. The van der Waals surface area contributed by atoms with Crippen molar-refractivity contribution in [2.75, 3.05) is 18.0 Å². The number of nitrogens with zero attached hydrogens (tertiary/aromatic N) is 2. The predicted octanol–water partition coefficient (Wildman–Crippen LogP) is 0.434. The average Bonchev–Trinajstić information content (AvgIpc) is 2.86. The Kier molecular flexibility index (Phi) is 2.48. The van der Waals surface area contributed by atoms with E-state index in [0.717, 1.165) is 0 Å². The number of thiazole rings is 1. The Bertz CT molecular complexity index is 436. The minimum Gasteiger partial charge on any atom is -0.395 e. The summed E-state index contributed by atoms with van der Waals surface area (Å²) in [5, 5.41) is 11.3. The molecule has 84 valence electrons. The molecule has 0 spiro atoms. The molecule has 0 unspecified atom stereocenters. The van der Waals surface area contributed by atoms with Crippen LogP contribution in [0.2, 0.25) is 0 Å². The van der Waals surface area contributed by atoms with Crippen molar-refractivity contribution < 1.29 is 13.5 Å². The maximum Gasteiger partial charge on any atom is 0.244 e. The van der Waals surface area contributed by atoms with E-state index in [2.05, 4.69) is 4.98 Å². The van der Waals surface area contributed by atoms with Gasteiger partial charge in [0.2, 0.25) is 10.0 Å². The number of aromatic nitrogens is 1. The highest BCUT2D eigenvalue weighted by Gasteiger charge is 2.56. The minimum absolute atomic E-state index is 0.314. The summed E-state index contributed by atoms with van der Waals surface area (Å²) in [5.41, 5.74) is 0. The molecule has 0 aromatic carbocycles. The third kappa shape index (κ3) is 1.54. The van der Waals surface area contributed by atoms with Crippen LogP contribution in [0.1, 0.15) is 12.8 Å². The standard InChI is InChI=1S/C8H12N2O3S2/c1-10(7-9-4-5-14-7)15(12,13)8(6-11)2-3-8/h4-5,11H,2-3,6H2,1H3. The van der Waals surface area contributed by atoms with Gasteiger partial charge in [-0.2, -0.15) is 0 Å². The summed E-state index contributed by atoms with van der Waals surface area (Å²) in [4.78, 5) is 3.94. The Morgan fingerprint density at radius 1 is 1.67 bits per heavy atom. The Labute approximate surface area is 92.4 Å². The van der Waals surface area contributed by atoms with Gasteiger partial charge in [0.25, 0.3) is 0 Å². The second kappa shape index (κ2) is 3.43. The van der Waals surface area contributed by atoms with Gasteiger partial charge >= 0.3 is 0 Å². The van der Waals surface area contributed by atoms with Crippen LogP contribution in [0.5, 0.6) is 0 Å². The lowest BCUT2D eigenvalue weighted by atomic mass is 10.5. The topological polar surface area (TPSA) is 70.5 Å². The zero-order chi connectivity index (χ0) is 11.1. The average molecular weight is 248 g/mol. The monoisotopic (exact) mass is 248 g/mol. The van der Waals surface area contributed by atoms with Crippen LogP contribution in [0.3, 0.4) is 0 Å². The number of anilines is 1. The molecule has 0 aliphatic heterocycles. The zero-order valence-corrected chi connectivity index (χ0v) is 9.88. The van der Waals surface area contributed by atoms with E-state index in [1.54, 1.807) is 11.6 Å². The van der Waals surface area contributed by atoms with E-state index in [1.807, 2.05) is 0 Å². The normalized spacial score (nSPS) is 18.8. The van der Waals surface area contributed by atoms with Crippen LogP contribution < -0.4 is 4.31 Å². The van der Waals surface area contributed by atoms with Gasteiger partial charge in [0.15, 0.2) is 5.13 Å². The molecule has 1 heterocycles. The van der Waals surface area contributed by atoms with Crippen molar-refractivity contribution in [2.24, 2.45) is 0 Å². The van der Waals surface area contributed by atoms with Gasteiger partial charge in [-0.15, -0.1) is 11.3 Å². The van der Waals surface area contributed by atoms with Crippen LogP contribution >= 0.6 is 11.3 Å². The van der Waals surface area contributed by atoms with Crippen LogP contribution in [-0.4, -0.2) is 36.9 Å². The molecule has 1 fully saturated rings. The molecular weight excluding hydrogens is 236 g/mol. The minimum atomic E-state index is -3.47. The van der Waals surface area contributed by atoms with E-state index in [0.29, 0.717) is 18.0 Å². The van der Waals surface area contributed by atoms with Crippen molar-refractivity contribution in [3.05, 3.63) is 11.6 Å². The first-order valence-corrected chi connectivity index (χ1v) is 6.84. The summed E-state index contributed by atoms with van der Waals surface area (Å²) in [6.45, 7) is -0.314. The molecule has 1 aromatic heterocycles. The second-order valence-electron chi connectivity index (χ2n) is 3.63. The first kappa shape index (κ1) is 10.8. The maximum atomic E-state index is 12.1. The molecule has 2 rings (SSSR count). The van der Waals surface area contributed by atoms with E-state index < -0.39 is 14.8 Å². The quantitative estimate of drug-likeness (QED) is 0.839. The van der Waals surface area contributed by atoms with Crippen LogP contribution in [-0.2, 0) is 10.0 Å². The smallest absolute Gasteiger partial charge is 0.244 e. The number of hydrogen-bond acceptors (Lipinski definition) is 5. The maximum absolute atomic E-state index is 12.1. The Morgan fingerprint density at radius 2 is 2.33 bits per heavy atom. The van der Waals surface area contributed by atoms with E-state index in [1.165, 1.54) is 22.7 Å². The lowest BCUT2D eigenvalue weighted by Gasteiger charge is -2.22. The first-order valence-electron chi connectivity index (χ1n) is 4.52. The van der Waals surface area contributed by atoms with Crippen molar-refractivity contribution in [2.45, 2.75) is 17.6 Å². The van der Waals surface area contributed by atoms with Gasteiger partial charge in [-0.1, -0.05) is 0 Å². The molecule has 1 N–H and O–H groups in total. The van der Waals surface area contributed by atoms with Gasteiger partial charge in [-0.05, 0) is 12.8 Å². The summed E-state index contributed by atoms with van der Waals surface area (Å²) in [6, 6.07) is 0. The number of hydrogen-bond donors (Lipinski definition) is 1. The lowest BCUT2D eigenvalue weighted by molar-refractivity contribution is 0.283. The fourth-order valence-corrected chi connectivity index (χ4v) is 3.95. The van der Waals surface area contributed by atoms with Crippen LogP contribution in [0.25, 0.3) is 0 Å². The Balaban J connectivity index is 2.31. The first-order chi connectivity index (χ1) is 7.03. The van der Waals surface area contributed by atoms with Crippen LogP contribution in [0, 0.1) is 0 Å². The van der Waals surface area contributed by atoms with Crippen molar-refractivity contribution >= 4 is 26.5 Å². The largest absolute Gasteiger partial charge is 0.395 e. The van der Waals surface area contributed by atoms with Crippen LogP contribution in [0.4, 0.5) is 5.13 Å². The molecule has 1 aliphatic carbocycles. The second-order valence-corrected chi connectivity index (χ2v) is 6.87. The van der Waals surface area contributed by atoms with Gasteiger partial charge in [-0.3, -0.25) is 0 Å². The number of aliphatic hydroxyl groups is 1. The SMILES string of the molecule is CN(c1nccs1)S(=O)(=O)C1(CO)CC1. The fraction of sp³-hybridized carbons (Fsp3) is 0.625. The van der Waals surface area contributed by atoms with Gasteiger partial charge in [0, 0.05) is 18.6 Å². The molecule has 1 aromatic rings. The molecule has 7 heteroatoms. The van der Waals surface area contributed by atoms with Gasteiger partial charge in [-0.25, -0.2) is 17.7 Å². The Hall–Kier alpha value is -0.660. The highest BCUT2D eigenvalue weighted by molar-refractivity contribution is 7.94. The fourth-order valence-electron chi connectivity index (χ4n) is 1.40. The molecule has 1 saturated carbocycles. The number of sulfonamides is 1. The Morgan fingerprint density at radius 3 is 2.73 bits per heavy atom. The summed E-state index contributed by atoms with van der Waals surface area (Å²) >= 11 is 1.27. The third-order valence-corrected chi connectivity index (χ3v) is 6.18. The predicted molar refractivity (Wildman–Crippen MR) is 58.5 cm³/mol. The molecule has 1 aliphatic rings. The molecule has 5 nitrogen and oxygen atoms in total. The molecule has 0 radical (unpaired) electrons. The van der Waals surface area contributed by atoms with E-state index in [9.17, 15) is 8.42 Å². The summed E-state index contributed by atoms with van der Waals surface area (Å²) in [5.74, 6) is 0. The molecule has 0 amide bonds. The number of aliphatic hydroxyl groups excluding tert-OH is 1. The highest BCUT2D eigenvalue weighted by atomic mass is 32.2. The van der Waals surface area contributed by atoms with Crippen molar-refractivity contribution in [3.8, 4) is 0 Å². The van der Waals surface area contributed by atoms with Gasteiger partial charge in [0.1, 0.15) is 4.75 Å². The molecule has 0 saturated heterocycles. The van der Waals surface area contributed by atoms with Crippen molar-refractivity contribution in [1.29, 1.82) is 0 Å². The number of rotatable bonds is 4. The summed E-state index contributed by atoms with van der Waals surface area (Å²) in [7, 11) is -1.99. The lowest BCUT2D eigenvalue weighted by Crippen LogP contribution is -2.39. The highest BCUT2D eigenvalue weighted by Crippen LogP contribution is 2.45. The van der Waals surface area contributed by atoms with E-state index >= 15 is 0 Å². The van der Waals surface area contributed by atoms with Crippen LogP contribution in [0.15, 0.2) is 11.6 Å². The third-order valence-electron chi connectivity index (χ3n) is 2.69. The molecule has 15 heavy (non-hydrogen) atoms. The van der Waals surface area contributed by atoms with E-state index in [-0.39, 0.29) is 6.61 Å². The van der Waals surface area contributed by atoms with Gasteiger partial charge < -0.3 is 5.11 Å². The molecule has 0 bridgehead atoms. The van der Waals surface area contributed by atoms with Crippen molar-refractivity contribution in [1.82, 2.24) is 4.98 Å². The molecular formula is C8H12N2O3S2. The van der Waals surface area contributed by atoms with Gasteiger partial charge in [0.05, 0.1) is 6.61 Å².